The predicted molar refractivity (Wildman–Crippen MR) is 167 cm³/mol. The third kappa shape index (κ3) is 7.70. The van der Waals surface area contributed by atoms with Crippen LogP contribution in [-0.2, 0) is 28.0 Å². The van der Waals surface area contributed by atoms with E-state index in [9.17, 15) is 4.57 Å². The van der Waals surface area contributed by atoms with E-state index in [0.717, 1.165) is 10.0 Å². The van der Waals surface area contributed by atoms with Crippen LogP contribution in [0.3, 0.4) is 0 Å². The number of rotatable bonds is 12. The summed E-state index contributed by atoms with van der Waals surface area (Å²) in [7, 11) is -4.33. The molecule has 10 heteroatoms. The van der Waals surface area contributed by atoms with Crippen molar-refractivity contribution in [2.45, 2.75) is 35.7 Å². The van der Waals surface area contributed by atoms with E-state index in [2.05, 4.69) is 6.58 Å². The van der Waals surface area contributed by atoms with Crippen LogP contribution in [-0.4, -0.2) is 57.6 Å². The van der Waals surface area contributed by atoms with Gasteiger partial charge < -0.3 is 0 Å². The summed E-state index contributed by atoms with van der Waals surface area (Å²) in [5.41, 5.74) is 0.868. The van der Waals surface area contributed by atoms with Crippen LogP contribution in [0.1, 0.15) is 11.9 Å². The number of hydrogen-bond acceptors (Lipinski definition) is 8. The molecule has 2 fully saturated rings. The van der Waals surface area contributed by atoms with Crippen LogP contribution in [0.15, 0.2) is 134 Å². The Kier molecular flexibility index (Phi) is 10.3. The van der Waals surface area contributed by atoms with Crippen LogP contribution in [0.4, 0.5) is 0 Å². The fourth-order valence-corrected chi connectivity index (χ4v) is 8.92. The first-order chi connectivity index (χ1) is 21.6. The number of hydrogen-bond donors (Lipinski definition) is 0. The second-order valence-electron chi connectivity index (χ2n) is 10.1. The van der Waals surface area contributed by atoms with Gasteiger partial charge in [-0.05, 0) is 0 Å². The molecule has 2 aliphatic rings. The molecule has 0 spiro atoms. The average molecular weight is 680 g/mol. The van der Waals surface area contributed by atoms with Crippen molar-refractivity contribution in [3.63, 3.8) is 0 Å². The van der Waals surface area contributed by atoms with Crippen molar-refractivity contribution in [3.8, 4) is 11.5 Å². The summed E-state index contributed by atoms with van der Waals surface area (Å²) in [6.45, 7) is 4.34. The van der Waals surface area contributed by atoms with Crippen LogP contribution in [0.5, 0.6) is 11.5 Å². The van der Waals surface area contributed by atoms with Gasteiger partial charge in [-0.3, -0.25) is 0 Å². The molecule has 4 aromatic rings. The molecular weight excluding hydrogens is 646 g/mol. The number of ether oxygens (including phenoxy) is 4. The molecule has 228 valence electrons. The van der Waals surface area contributed by atoms with Crippen LogP contribution in [0, 0.1) is 0 Å². The number of phosphoric acid groups is 1. The van der Waals surface area contributed by atoms with Crippen molar-refractivity contribution in [3.05, 3.63) is 140 Å². The van der Waals surface area contributed by atoms with E-state index in [-0.39, 0.29) is 28.2 Å². The van der Waals surface area contributed by atoms with Crippen molar-refractivity contribution in [1.82, 2.24) is 0 Å². The Labute approximate surface area is 263 Å². The van der Waals surface area contributed by atoms with Crippen LogP contribution in [0.25, 0.3) is 0 Å². The minimum atomic E-state index is -4.33. The van der Waals surface area contributed by atoms with Gasteiger partial charge in [0, 0.05) is 0 Å². The first kappa shape index (κ1) is 30.8. The van der Waals surface area contributed by atoms with Crippen LogP contribution < -0.4 is 13.5 Å². The molecule has 2 saturated heterocycles. The molecule has 0 N–H and O–H groups in total. The molecule has 6 rings (SSSR count). The normalized spacial score (nSPS) is 25.0. The standard InChI is InChI=1S/C34H33O8PSe/c1-2-23-36-31-30-29(24-37-33(39-30)25-15-7-3-8-16-25)38-34(44-28-21-13-6-14-22-28)32(31)42-43(35,40-26-17-9-4-10-18-26)41-27-19-11-5-12-20-27/h2-22,29-34H,1,23-24H2/t29-,30-,31+,32+,33-,34+/m1/s1. The van der Waals surface area contributed by atoms with Crippen molar-refractivity contribution < 1.29 is 37.1 Å². The zero-order chi connectivity index (χ0) is 30.2. The fraction of sp³-hybridized carbons (Fsp3) is 0.235. The second-order valence-corrected chi connectivity index (χ2v) is 14.0. The fourth-order valence-electron chi connectivity index (χ4n) is 4.97. The minimum absolute atomic E-state index is 0.211. The van der Waals surface area contributed by atoms with Crippen molar-refractivity contribution in [2.75, 3.05) is 13.2 Å². The van der Waals surface area contributed by atoms with Gasteiger partial charge in [-0.25, -0.2) is 0 Å². The molecule has 4 aromatic carbocycles. The van der Waals surface area contributed by atoms with E-state index in [1.54, 1.807) is 54.6 Å². The zero-order valence-electron chi connectivity index (χ0n) is 23.8. The molecule has 0 bridgehead atoms. The van der Waals surface area contributed by atoms with E-state index >= 15 is 0 Å². The summed E-state index contributed by atoms with van der Waals surface area (Å²) in [5.74, 6) is 0.669. The molecular formula is C34H33O8PSe. The molecule has 0 amide bonds. The Morgan fingerprint density at radius 2 is 1.34 bits per heavy atom. The van der Waals surface area contributed by atoms with Gasteiger partial charge in [0.25, 0.3) is 0 Å². The number of fused-ring (bicyclic) bond motifs is 1. The molecule has 0 aromatic heterocycles. The van der Waals surface area contributed by atoms with E-state index < -0.39 is 43.5 Å². The van der Waals surface area contributed by atoms with Gasteiger partial charge in [0.1, 0.15) is 0 Å². The molecule has 44 heavy (non-hydrogen) atoms. The van der Waals surface area contributed by atoms with Crippen molar-refractivity contribution in [2.24, 2.45) is 0 Å². The van der Waals surface area contributed by atoms with Gasteiger partial charge >= 0.3 is 264 Å². The third-order valence-electron chi connectivity index (χ3n) is 6.93. The van der Waals surface area contributed by atoms with Gasteiger partial charge in [0.15, 0.2) is 0 Å². The molecule has 0 aliphatic carbocycles. The molecule has 8 nitrogen and oxygen atoms in total. The van der Waals surface area contributed by atoms with E-state index in [1.807, 2.05) is 72.8 Å². The first-order valence-corrected chi connectivity index (χ1v) is 17.6. The van der Waals surface area contributed by atoms with Gasteiger partial charge in [0.2, 0.25) is 0 Å². The quantitative estimate of drug-likeness (QED) is 0.101. The number of para-hydroxylation sites is 2. The first-order valence-electron chi connectivity index (χ1n) is 14.3. The zero-order valence-corrected chi connectivity index (χ0v) is 26.4. The van der Waals surface area contributed by atoms with Gasteiger partial charge in [-0.15, -0.1) is 0 Å². The Morgan fingerprint density at radius 1 is 0.773 bits per heavy atom. The predicted octanol–water partition coefficient (Wildman–Crippen LogP) is 6.08. The molecule has 0 radical (unpaired) electrons. The van der Waals surface area contributed by atoms with Gasteiger partial charge in [-0.2, -0.15) is 0 Å². The van der Waals surface area contributed by atoms with E-state index in [4.69, 9.17) is 32.5 Å². The van der Waals surface area contributed by atoms with E-state index in [0.29, 0.717) is 11.5 Å². The Morgan fingerprint density at radius 3 is 1.93 bits per heavy atom. The molecule has 6 atom stereocenters. The number of phosphoric ester groups is 1. The van der Waals surface area contributed by atoms with Crippen LogP contribution in [0.2, 0.25) is 0 Å². The van der Waals surface area contributed by atoms with Crippen molar-refractivity contribution >= 4 is 27.2 Å². The Hall–Kier alpha value is -3.23. The SMILES string of the molecule is C=CCO[C@H]1[C@@H]2O[C@H](c3ccccc3)OC[C@H]2O[C@@H]([Se]c2ccccc2)[C@H]1OP(=O)(Oc1ccccc1)Oc1ccccc1. The summed E-state index contributed by atoms with van der Waals surface area (Å²) in [4.78, 5) is 0. The van der Waals surface area contributed by atoms with Gasteiger partial charge in [-0.1, -0.05) is 0 Å². The van der Waals surface area contributed by atoms with Crippen molar-refractivity contribution in [1.29, 1.82) is 0 Å². The maximum absolute atomic E-state index is 14.6. The van der Waals surface area contributed by atoms with Crippen LogP contribution >= 0.6 is 7.82 Å². The summed E-state index contributed by atoms with van der Waals surface area (Å²) < 4.78 is 59.9. The summed E-state index contributed by atoms with van der Waals surface area (Å²) in [5, 5.41) is -0.548. The average Bonchev–Trinajstić information content (AvgIpc) is 3.06. The third-order valence-corrected chi connectivity index (χ3v) is 10.7. The topological polar surface area (TPSA) is 81.7 Å². The van der Waals surface area contributed by atoms with Gasteiger partial charge in [0.05, 0.1) is 0 Å². The number of benzene rings is 4. The molecule has 0 saturated carbocycles. The molecule has 0 unspecified atom stereocenters. The molecule has 2 aliphatic heterocycles. The monoisotopic (exact) mass is 680 g/mol. The Balaban J connectivity index is 1.36. The van der Waals surface area contributed by atoms with E-state index in [1.165, 1.54) is 0 Å². The second kappa shape index (κ2) is 14.7. The maximum atomic E-state index is 14.6. The molecule has 2 heterocycles. The summed E-state index contributed by atoms with van der Waals surface area (Å²) >= 11 is -0.284. The summed E-state index contributed by atoms with van der Waals surface area (Å²) in [6, 6.07) is 37.3. The Bertz CT molecular complexity index is 1470. The summed E-state index contributed by atoms with van der Waals surface area (Å²) in [6.07, 6.45) is -1.66.